The lowest BCUT2D eigenvalue weighted by Crippen LogP contribution is -2.15. The van der Waals surface area contributed by atoms with E-state index >= 15 is 0 Å². The maximum absolute atomic E-state index is 9.76. The van der Waals surface area contributed by atoms with Gasteiger partial charge in [0.1, 0.15) is 11.6 Å². The third kappa shape index (κ3) is 3.86. The number of nitrogens with zero attached hydrogens (tertiary/aromatic N) is 6. The minimum absolute atomic E-state index is 0.296. The SMILES string of the molecule is Cn1ccnc1C=NCC(O)CN=Cc1nccn1C. The van der Waals surface area contributed by atoms with Gasteiger partial charge in [0.25, 0.3) is 0 Å². The number of hydrogen-bond donors (Lipinski definition) is 1. The molecule has 7 heteroatoms. The Morgan fingerprint density at radius 3 is 1.85 bits per heavy atom. The highest BCUT2D eigenvalue weighted by Gasteiger charge is 2.01. The smallest absolute Gasteiger partial charge is 0.150 e. The summed E-state index contributed by atoms with van der Waals surface area (Å²) < 4.78 is 3.71. The van der Waals surface area contributed by atoms with Crippen LogP contribution in [0.5, 0.6) is 0 Å². The topological polar surface area (TPSA) is 80.6 Å². The van der Waals surface area contributed by atoms with Crippen molar-refractivity contribution < 1.29 is 5.11 Å². The number of rotatable bonds is 6. The second-order valence-corrected chi connectivity index (χ2v) is 4.44. The minimum atomic E-state index is -0.608. The van der Waals surface area contributed by atoms with Crippen LogP contribution < -0.4 is 0 Å². The fourth-order valence-corrected chi connectivity index (χ4v) is 1.57. The molecule has 0 atom stereocenters. The summed E-state index contributed by atoms with van der Waals surface area (Å²) >= 11 is 0. The highest BCUT2D eigenvalue weighted by molar-refractivity contribution is 5.75. The highest BCUT2D eigenvalue weighted by atomic mass is 16.3. The van der Waals surface area contributed by atoms with Gasteiger partial charge in [0.15, 0.2) is 0 Å². The van der Waals surface area contributed by atoms with Gasteiger partial charge in [0.05, 0.1) is 31.6 Å². The van der Waals surface area contributed by atoms with E-state index < -0.39 is 6.10 Å². The maximum Gasteiger partial charge on any atom is 0.150 e. The number of hydrogen-bond acceptors (Lipinski definition) is 5. The van der Waals surface area contributed by atoms with Gasteiger partial charge in [0.2, 0.25) is 0 Å². The Hall–Kier alpha value is -2.28. The predicted octanol–water partition coefficient (Wildman–Crippen LogP) is 0.0525. The Labute approximate surface area is 117 Å². The number of aliphatic imine (C=N–C) groups is 2. The lowest BCUT2D eigenvalue weighted by molar-refractivity contribution is 0.192. The Morgan fingerprint density at radius 2 is 1.50 bits per heavy atom. The molecule has 2 rings (SSSR count). The molecule has 0 unspecified atom stereocenters. The largest absolute Gasteiger partial charge is 0.389 e. The zero-order chi connectivity index (χ0) is 14.4. The first-order chi connectivity index (χ1) is 9.66. The van der Waals surface area contributed by atoms with Crippen LogP contribution in [0.15, 0.2) is 34.8 Å². The number of imidazole rings is 2. The summed E-state index contributed by atoms with van der Waals surface area (Å²) in [6.07, 6.45) is 9.77. The van der Waals surface area contributed by atoms with Crippen LogP contribution in [-0.2, 0) is 14.1 Å². The van der Waals surface area contributed by atoms with Gasteiger partial charge in [-0.15, -0.1) is 0 Å². The quantitative estimate of drug-likeness (QED) is 0.756. The molecule has 0 aliphatic rings. The van der Waals surface area contributed by atoms with E-state index in [1.54, 1.807) is 24.8 Å². The third-order valence-electron chi connectivity index (χ3n) is 2.76. The summed E-state index contributed by atoms with van der Waals surface area (Å²) in [7, 11) is 3.78. The minimum Gasteiger partial charge on any atom is -0.389 e. The predicted molar refractivity (Wildman–Crippen MR) is 77.3 cm³/mol. The Balaban J connectivity index is 1.77. The van der Waals surface area contributed by atoms with Gasteiger partial charge in [-0.3, -0.25) is 9.98 Å². The first-order valence-electron chi connectivity index (χ1n) is 6.29. The van der Waals surface area contributed by atoms with Crippen LogP contribution >= 0.6 is 0 Å². The molecular formula is C13H18N6O. The molecule has 0 aliphatic heterocycles. The Kier molecular flexibility index (Phi) is 4.78. The molecule has 0 radical (unpaired) electrons. The van der Waals surface area contributed by atoms with E-state index in [1.165, 1.54) is 0 Å². The van der Waals surface area contributed by atoms with Gasteiger partial charge < -0.3 is 14.2 Å². The molecule has 0 spiro atoms. The van der Waals surface area contributed by atoms with Crippen LogP contribution in [0, 0.1) is 0 Å². The molecule has 0 amide bonds. The molecule has 2 heterocycles. The molecule has 2 aromatic heterocycles. The van der Waals surface area contributed by atoms with Crippen LogP contribution in [0.4, 0.5) is 0 Å². The number of aromatic nitrogens is 4. The standard InChI is InChI=1S/C13H18N6O/c1-18-5-3-16-12(18)9-14-7-11(20)8-15-10-13-17-4-6-19(13)2/h3-6,9-11,20H,7-8H2,1-2H3. The van der Waals surface area contributed by atoms with Gasteiger partial charge in [-0.25, -0.2) is 9.97 Å². The summed E-state index contributed by atoms with van der Waals surface area (Å²) in [6, 6.07) is 0. The molecular weight excluding hydrogens is 256 g/mol. The van der Waals surface area contributed by atoms with E-state index in [9.17, 15) is 5.11 Å². The normalized spacial score (nSPS) is 13.6. The molecule has 0 aromatic carbocycles. The van der Waals surface area contributed by atoms with Crippen LogP contribution in [0.2, 0.25) is 0 Å². The third-order valence-corrected chi connectivity index (χ3v) is 2.76. The fourth-order valence-electron chi connectivity index (χ4n) is 1.57. The van der Waals surface area contributed by atoms with Crippen molar-refractivity contribution in [3.8, 4) is 0 Å². The van der Waals surface area contributed by atoms with E-state index in [1.807, 2.05) is 35.6 Å². The van der Waals surface area contributed by atoms with Crippen LogP contribution in [-0.4, -0.2) is 55.8 Å². The molecule has 20 heavy (non-hydrogen) atoms. The second kappa shape index (κ2) is 6.76. The Bertz CT molecular complexity index is 545. The second-order valence-electron chi connectivity index (χ2n) is 4.44. The fraction of sp³-hybridized carbons (Fsp3) is 0.385. The summed E-state index contributed by atoms with van der Waals surface area (Å²) in [5.74, 6) is 1.52. The van der Waals surface area contributed by atoms with Gasteiger partial charge in [-0.05, 0) is 0 Å². The van der Waals surface area contributed by atoms with Crippen LogP contribution in [0.3, 0.4) is 0 Å². The van der Waals surface area contributed by atoms with Crippen LogP contribution in [0.25, 0.3) is 0 Å². The summed E-state index contributed by atoms with van der Waals surface area (Å²) in [5.41, 5.74) is 0. The molecule has 0 fully saturated rings. The molecule has 0 aliphatic carbocycles. The van der Waals surface area contributed by atoms with Crippen LogP contribution in [0.1, 0.15) is 11.6 Å². The average Bonchev–Trinajstić information content (AvgIpc) is 3.00. The zero-order valence-corrected chi connectivity index (χ0v) is 11.6. The highest BCUT2D eigenvalue weighted by Crippen LogP contribution is 1.93. The van der Waals surface area contributed by atoms with Gasteiger partial charge in [-0.1, -0.05) is 0 Å². The van der Waals surface area contributed by atoms with Gasteiger partial charge >= 0.3 is 0 Å². The number of aliphatic hydroxyl groups is 1. The average molecular weight is 274 g/mol. The van der Waals surface area contributed by atoms with Crippen molar-refractivity contribution in [2.45, 2.75) is 6.10 Å². The zero-order valence-electron chi connectivity index (χ0n) is 11.6. The first-order valence-corrected chi connectivity index (χ1v) is 6.29. The lowest BCUT2D eigenvalue weighted by atomic mass is 10.3. The summed E-state index contributed by atoms with van der Waals surface area (Å²) in [5, 5.41) is 9.76. The van der Waals surface area contributed by atoms with Crippen molar-refractivity contribution in [1.29, 1.82) is 0 Å². The van der Waals surface area contributed by atoms with Gasteiger partial charge in [-0.2, -0.15) is 0 Å². The van der Waals surface area contributed by atoms with E-state index in [4.69, 9.17) is 0 Å². The van der Waals surface area contributed by atoms with Crippen molar-refractivity contribution in [1.82, 2.24) is 19.1 Å². The molecule has 0 saturated carbocycles. The molecule has 106 valence electrons. The molecule has 0 saturated heterocycles. The molecule has 1 N–H and O–H groups in total. The molecule has 7 nitrogen and oxygen atoms in total. The Morgan fingerprint density at radius 1 is 1.05 bits per heavy atom. The molecule has 0 bridgehead atoms. The number of aryl methyl sites for hydroxylation is 2. The maximum atomic E-state index is 9.76. The van der Waals surface area contributed by atoms with Crippen molar-refractivity contribution in [3.63, 3.8) is 0 Å². The monoisotopic (exact) mass is 274 g/mol. The van der Waals surface area contributed by atoms with Crippen molar-refractivity contribution in [2.75, 3.05) is 13.1 Å². The summed E-state index contributed by atoms with van der Waals surface area (Å²) in [4.78, 5) is 16.5. The summed E-state index contributed by atoms with van der Waals surface area (Å²) in [6.45, 7) is 0.593. The van der Waals surface area contributed by atoms with E-state index in [0.29, 0.717) is 13.1 Å². The van der Waals surface area contributed by atoms with Crippen molar-refractivity contribution >= 4 is 12.4 Å². The van der Waals surface area contributed by atoms with Gasteiger partial charge in [0, 0.05) is 38.9 Å². The van der Waals surface area contributed by atoms with Crippen molar-refractivity contribution in [2.24, 2.45) is 24.1 Å². The lowest BCUT2D eigenvalue weighted by Gasteiger charge is -2.03. The van der Waals surface area contributed by atoms with E-state index in [0.717, 1.165) is 11.6 Å². The van der Waals surface area contributed by atoms with Crippen molar-refractivity contribution in [3.05, 3.63) is 36.4 Å². The number of aliphatic hydroxyl groups excluding tert-OH is 1. The van der Waals surface area contributed by atoms with E-state index in [-0.39, 0.29) is 0 Å². The first kappa shape index (κ1) is 14.1. The molecule has 2 aromatic rings. The van der Waals surface area contributed by atoms with E-state index in [2.05, 4.69) is 20.0 Å².